The summed E-state index contributed by atoms with van der Waals surface area (Å²) >= 11 is 0. The van der Waals surface area contributed by atoms with Crippen LogP contribution in [-0.2, 0) is 4.57 Å². The van der Waals surface area contributed by atoms with Crippen molar-refractivity contribution in [2.45, 2.75) is 0 Å². The van der Waals surface area contributed by atoms with Gasteiger partial charge in [-0.2, -0.15) is 4.89 Å². The zero-order valence-electron chi connectivity index (χ0n) is 2.75. The van der Waals surface area contributed by atoms with Gasteiger partial charge < -0.3 is 9.79 Å². The number of rotatable bonds is 0. The molecule has 0 saturated heterocycles. The van der Waals surface area contributed by atoms with E-state index in [2.05, 4.69) is 0 Å². The van der Waals surface area contributed by atoms with Crippen LogP contribution in [0.3, 0.4) is 0 Å². The van der Waals surface area contributed by atoms with E-state index >= 15 is 0 Å². The highest BCUT2D eigenvalue weighted by Crippen LogP contribution is 1.81. The number of hydrogen-bond donors (Lipinski definition) is 3. The third kappa shape index (κ3) is 305. The molecule has 3 N–H and O–H groups in total. The lowest BCUT2D eigenvalue weighted by atomic mass is 15.9. The lowest BCUT2D eigenvalue weighted by Gasteiger charge is -1.54. The predicted octanol–water partition coefficient (Wildman–Crippen LogP) is -0.603. The zero-order valence-corrected chi connectivity index (χ0v) is 4.75. The normalized spacial score (nSPS) is 6.50. The van der Waals surface area contributed by atoms with Gasteiger partial charge >= 0.3 is 8.69 Å². The van der Waals surface area contributed by atoms with Gasteiger partial charge in [0.05, 0.1) is 0 Å². The molecule has 38 valence electrons. The summed E-state index contributed by atoms with van der Waals surface area (Å²) in [4.78, 5) is 21.3. The molecule has 0 spiro atoms. The first-order valence-corrected chi connectivity index (χ1v) is 2.62. The van der Waals surface area contributed by atoms with Crippen molar-refractivity contribution in [3.05, 3.63) is 0 Å². The Hall–Kier alpha value is 0.410. The highest BCUT2D eigenvalue weighted by atomic mass is 31.1. The van der Waals surface area contributed by atoms with E-state index in [1.165, 1.54) is 0 Å². The van der Waals surface area contributed by atoms with Crippen LogP contribution < -0.4 is 0 Å². The Balaban J connectivity index is 0. The summed E-state index contributed by atoms with van der Waals surface area (Å²) in [5.74, 6) is 0. The van der Waals surface area contributed by atoms with Crippen LogP contribution >= 0.6 is 17.7 Å². The fourth-order valence-electron chi connectivity index (χ4n) is 0. The van der Waals surface area contributed by atoms with Crippen molar-refractivity contribution in [3.8, 4) is 0 Å². The maximum absolute atomic E-state index is 8.51. The van der Waals surface area contributed by atoms with Gasteiger partial charge in [0, 0.05) is 0 Å². The predicted molar refractivity (Wildman–Crippen MR) is 24.0 cm³/mol. The largest absolute Gasteiger partial charge is 0.491 e. The zero-order chi connectivity index (χ0) is 5.41. The first kappa shape index (κ1) is 9.65. The van der Waals surface area contributed by atoms with Gasteiger partial charge in [0.15, 0.2) is 0 Å². The molecule has 0 fully saturated rings. The fourth-order valence-corrected chi connectivity index (χ4v) is 0. The van der Waals surface area contributed by atoms with Gasteiger partial charge in [-0.3, -0.25) is 0 Å². The summed E-state index contributed by atoms with van der Waals surface area (Å²) in [7, 11) is -2.08. The molecule has 1 atom stereocenters. The van der Waals surface area contributed by atoms with Gasteiger partial charge in [-0.25, -0.2) is 0 Å². The van der Waals surface area contributed by atoms with E-state index in [1.54, 1.807) is 0 Å². The van der Waals surface area contributed by atoms with Crippen LogP contribution in [0.15, 0.2) is 0 Å². The summed E-state index contributed by atoms with van der Waals surface area (Å²) in [6, 6.07) is 0. The molecule has 1 unspecified atom stereocenters. The Labute approximate surface area is 38.1 Å². The summed E-state index contributed by atoms with van der Waals surface area (Å²) in [6.45, 7) is 0. The maximum Gasteiger partial charge on any atom is 0.491 e. The smallest absolute Gasteiger partial charge is 0.352 e. The van der Waals surface area contributed by atoms with Gasteiger partial charge in [0.2, 0.25) is 0 Å². The van der Waals surface area contributed by atoms with Crippen molar-refractivity contribution in [3.63, 3.8) is 0 Å². The molecule has 0 aromatic rings. The van der Waals surface area contributed by atoms with E-state index < -0.39 is 17.7 Å². The Kier molecular flexibility index (Phi) is 29.1. The van der Waals surface area contributed by atoms with Crippen LogP contribution in [0.4, 0.5) is 0 Å². The highest BCUT2D eigenvalue weighted by Gasteiger charge is 1.45. The van der Waals surface area contributed by atoms with Crippen molar-refractivity contribution < 1.29 is 19.2 Å². The summed E-state index contributed by atoms with van der Waals surface area (Å²) in [5, 5.41) is 0. The molecule has 0 rings (SSSR count). The monoisotopic (exact) mass is 131 g/mol. The Morgan fingerprint density at radius 3 is 1.50 bits per heavy atom. The molecular formula is H5O4P2+. The minimum absolute atomic E-state index is 0.917. The molecule has 0 radical (unpaired) electrons. The van der Waals surface area contributed by atoms with Crippen molar-refractivity contribution in [2.24, 2.45) is 0 Å². The number of hydrogen-bond acceptors (Lipinski definition) is 3. The molecule has 0 aliphatic carbocycles. The summed E-state index contributed by atoms with van der Waals surface area (Å²) in [6.07, 6.45) is 0. The van der Waals surface area contributed by atoms with Crippen LogP contribution in [0.1, 0.15) is 0 Å². The Bertz CT molecular complexity index is 19.5. The van der Waals surface area contributed by atoms with Crippen molar-refractivity contribution in [2.75, 3.05) is 0 Å². The van der Waals surface area contributed by atoms with Gasteiger partial charge in [-0.15, -0.1) is 0 Å². The van der Waals surface area contributed by atoms with E-state index in [0.717, 1.165) is 0 Å². The van der Waals surface area contributed by atoms with Crippen LogP contribution in [0, 0.1) is 0 Å². The van der Waals surface area contributed by atoms with Crippen LogP contribution in [-0.4, -0.2) is 14.7 Å². The van der Waals surface area contributed by atoms with E-state index in [0.29, 0.717) is 0 Å². The SMILES string of the molecule is O=[PH+]O.OPO. The van der Waals surface area contributed by atoms with Crippen molar-refractivity contribution in [1.29, 1.82) is 0 Å². The maximum atomic E-state index is 8.51. The van der Waals surface area contributed by atoms with Crippen LogP contribution in [0.5, 0.6) is 0 Å². The lowest BCUT2D eigenvalue weighted by Crippen LogP contribution is -1.24. The van der Waals surface area contributed by atoms with Gasteiger partial charge in [-0.05, 0) is 4.57 Å². The molecule has 6 heteroatoms. The first-order chi connectivity index (χ1) is 2.83. The molecule has 0 aromatic heterocycles. The molecule has 6 heavy (non-hydrogen) atoms. The third-order valence-corrected chi connectivity index (χ3v) is 0. The van der Waals surface area contributed by atoms with Gasteiger partial charge in [0.1, 0.15) is 9.03 Å². The van der Waals surface area contributed by atoms with Gasteiger partial charge in [-0.1, -0.05) is 0 Å². The molecule has 0 aliphatic rings. The second kappa shape index (κ2) is 18.1. The standard InChI is InChI=1S/H3O2P.HO2P/c2*1-3-2/h1-3H;3H/p+1. The average Bonchev–Trinajstić information content (AvgIpc) is 1.39. The molecule has 0 amide bonds. The molecule has 0 aromatic carbocycles. The fraction of sp³-hybridized carbons (Fsp3) is 0. The van der Waals surface area contributed by atoms with E-state index in [-0.39, 0.29) is 0 Å². The highest BCUT2D eigenvalue weighted by molar-refractivity contribution is 7.23. The Morgan fingerprint density at radius 1 is 1.50 bits per heavy atom. The first-order valence-electron chi connectivity index (χ1n) is 0.875. The topological polar surface area (TPSA) is 77.8 Å². The molecule has 0 bridgehead atoms. The molecule has 0 heterocycles. The van der Waals surface area contributed by atoms with E-state index in [1.807, 2.05) is 0 Å². The van der Waals surface area contributed by atoms with Crippen LogP contribution in [0.25, 0.3) is 0 Å². The minimum Gasteiger partial charge on any atom is -0.352 e. The third-order valence-electron chi connectivity index (χ3n) is 0. The quantitative estimate of drug-likeness (QED) is 0.383. The van der Waals surface area contributed by atoms with Gasteiger partial charge in [0.25, 0.3) is 0 Å². The van der Waals surface area contributed by atoms with E-state index in [4.69, 9.17) is 19.2 Å². The van der Waals surface area contributed by atoms with E-state index in [9.17, 15) is 0 Å². The minimum atomic E-state index is -1.17. The molecule has 0 saturated carbocycles. The lowest BCUT2D eigenvalue weighted by molar-refractivity contribution is 0.512. The second-order valence-corrected chi connectivity index (χ2v) is 0.574. The Morgan fingerprint density at radius 2 is 1.50 bits per heavy atom. The molecule has 0 aliphatic heterocycles. The van der Waals surface area contributed by atoms with Crippen LogP contribution in [0.2, 0.25) is 0 Å². The van der Waals surface area contributed by atoms with Crippen molar-refractivity contribution >= 4 is 17.7 Å². The summed E-state index contributed by atoms with van der Waals surface area (Å²) in [5.41, 5.74) is 0. The molecular weight excluding hydrogens is 126 g/mol. The summed E-state index contributed by atoms with van der Waals surface area (Å²) < 4.78 is 8.51. The molecule has 4 nitrogen and oxygen atoms in total. The van der Waals surface area contributed by atoms with Crippen molar-refractivity contribution in [1.82, 2.24) is 0 Å². The second-order valence-electron chi connectivity index (χ2n) is 0.191. The average molecular weight is 131 g/mol.